The molecule has 0 radical (unpaired) electrons. The highest BCUT2D eigenvalue weighted by molar-refractivity contribution is 6.52. The van der Waals surface area contributed by atoms with Gasteiger partial charge in [-0.2, -0.15) is 0 Å². The number of hydrogen-bond acceptors (Lipinski definition) is 3. The van der Waals surface area contributed by atoms with Gasteiger partial charge in [0.2, 0.25) is 5.91 Å². The topological polar surface area (TPSA) is 66.8 Å². The number of imide groups is 1. The summed E-state index contributed by atoms with van der Waals surface area (Å²) in [5, 5.41) is 8.29. The summed E-state index contributed by atoms with van der Waals surface area (Å²) >= 11 is 0. The van der Waals surface area contributed by atoms with Crippen molar-refractivity contribution in [3.63, 3.8) is 0 Å². The summed E-state index contributed by atoms with van der Waals surface area (Å²) in [4.78, 5) is 21.5. The van der Waals surface area contributed by atoms with Gasteiger partial charge in [-0.1, -0.05) is 0 Å². The first-order valence-electron chi connectivity index (χ1n) is 4.55. The van der Waals surface area contributed by atoms with Gasteiger partial charge >= 0.3 is 6.09 Å². The Morgan fingerprint density at radius 3 is 2.29 bits per heavy atom. The van der Waals surface area contributed by atoms with Crippen molar-refractivity contribution in [2.75, 3.05) is 6.54 Å². The van der Waals surface area contributed by atoms with Crippen molar-refractivity contribution in [1.29, 1.82) is 0 Å². The zero-order valence-corrected chi connectivity index (χ0v) is 12.0. The maximum atomic E-state index is 10.6. The van der Waals surface area contributed by atoms with Gasteiger partial charge in [-0.15, -0.1) is 0 Å². The van der Waals surface area contributed by atoms with Gasteiger partial charge in [0.1, 0.15) is 10.5 Å². The molecule has 1 rings (SSSR count). The molecule has 7 heteroatoms. The first-order chi connectivity index (χ1) is 6.49. The van der Waals surface area contributed by atoms with Crippen LogP contribution in [0.4, 0.5) is 4.79 Å². The SMILES string of the molecule is C[SiH](C)O[SiH3].O=C(O)N1CCCC1=O. The zero-order valence-electron chi connectivity index (χ0n) is 8.82. The van der Waals surface area contributed by atoms with E-state index in [-0.39, 0.29) is 5.91 Å². The van der Waals surface area contributed by atoms with E-state index in [1.54, 1.807) is 0 Å². The first-order valence-corrected chi connectivity index (χ1v) is 8.14. The van der Waals surface area contributed by atoms with Crippen molar-refractivity contribution >= 4 is 31.5 Å². The normalized spacial score (nSPS) is 15.6. The molecule has 0 bridgehead atoms. The Hall–Kier alpha value is -0.666. The van der Waals surface area contributed by atoms with Gasteiger partial charge in [-0.25, -0.2) is 9.69 Å². The Morgan fingerprint density at radius 1 is 1.64 bits per heavy atom. The molecule has 1 saturated heterocycles. The van der Waals surface area contributed by atoms with Crippen LogP contribution in [-0.2, 0) is 8.91 Å². The van der Waals surface area contributed by atoms with E-state index in [1.165, 1.54) is 0 Å². The van der Waals surface area contributed by atoms with E-state index < -0.39 is 15.1 Å². The predicted molar refractivity (Wildman–Crippen MR) is 58.9 cm³/mol. The minimum atomic E-state index is -1.13. The minimum Gasteiger partial charge on any atom is -0.466 e. The lowest BCUT2D eigenvalue weighted by molar-refractivity contribution is -0.125. The molecule has 82 valence electrons. The van der Waals surface area contributed by atoms with Crippen molar-refractivity contribution in [2.24, 2.45) is 0 Å². The number of carbonyl (C=O) groups is 2. The quantitative estimate of drug-likeness (QED) is 0.625. The Kier molecular flexibility index (Phi) is 6.42. The smallest absolute Gasteiger partial charge is 0.414 e. The number of amides is 2. The monoisotopic (exact) mass is 235 g/mol. The molecule has 0 aromatic rings. The van der Waals surface area contributed by atoms with Crippen molar-refractivity contribution in [2.45, 2.75) is 25.9 Å². The molecule has 0 spiro atoms. The summed E-state index contributed by atoms with van der Waals surface area (Å²) in [7, 11) is 0.347. The highest BCUT2D eigenvalue weighted by atomic mass is 28.3. The van der Waals surface area contributed by atoms with Crippen LogP contribution >= 0.6 is 0 Å². The highest BCUT2D eigenvalue weighted by Gasteiger charge is 2.25. The highest BCUT2D eigenvalue weighted by Crippen LogP contribution is 2.08. The summed E-state index contributed by atoms with van der Waals surface area (Å²) in [5.41, 5.74) is 0. The predicted octanol–water partition coefficient (Wildman–Crippen LogP) is -0.446. The van der Waals surface area contributed by atoms with Crippen LogP contribution < -0.4 is 0 Å². The lowest BCUT2D eigenvalue weighted by Gasteiger charge is -2.05. The van der Waals surface area contributed by atoms with E-state index in [0.29, 0.717) is 19.4 Å². The number of carboxylic acid groups (broad SMARTS) is 1. The maximum Gasteiger partial charge on any atom is 0.414 e. The molecular formula is C7H17NO4Si2. The van der Waals surface area contributed by atoms with Crippen molar-refractivity contribution in [3.05, 3.63) is 0 Å². The third kappa shape index (κ3) is 5.15. The molecule has 0 saturated carbocycles. The molecule has 5 nitrogen and oxygen atoms in total. The molecule has 0 unspecified atom stereocenters. The summed E-state index contributed by atoms with van der Waals surface area (Å²) in [6.45, 7) is 4.72. The van der Waals surface area contributed by atoms with Crippen molar-refractivity contribution in [3.8, 4) is 0 Å². The second-order valence-corrected chi connectivity index (χ2v) is 7.20. The number of rotatable bonds is 1. The third-order valence-electron chi connectivity index (χ3n) is 1.78. The van der Waals surface area contributed by atoms with Crippen LogP contribution in [0.15, 0.2) is 0 Å². The van der Waals surface area contributed by atoms with E-state index in [2.05, 4.69) is 13.1 Å². The van der Waals surface area contributed by atoms with E-state index in [4.69, 9.17) is 9.22 Å². The number of carbonyl (C=O) groups excluding carboxylic acids is 1. The molecule has 0 aromatic heterocycles. The van der Waals surface area contributed by atoms with E-state index in [1.807, 2.05) is 0 Å². The van der Waals surface area contributed by atoms with Gasteiger partial charge in [-0.05, 0) is 19.5 Å². The second kappa shape index (κ2) is 6.74. The number of nitrogens with zero attached hydrogens (tertiary/aromatic N) is 1. The Balaban J connectivity index is 0.000000292. The summed E-state index contributed by atoms with van der Waals surface area (Å²) in [6.07, 6.45) is -0.0743. The lowest BCUT2D eigenvalue weighted by atomic mass is 10.4. The molecule has 0 atom stereocenters. The molecule has 1 heterocycles. The molecule has 1 aliphatic heterocycles. The van der Waals surface area contributed by atoms with Crippen LogP contribution in [0, 0.1) is 0 Å². The fourth-order valence-electron chi connectivity index (χ4n) is 0.850. The Bertz CT molecular complexity index is 210. The van der Waals surface area contributed by atoms with Gasteiger partial charge in [0.25, 0.3) is 0 Å². The van der Waals surface area contributed by atoms with E-state index in [9.17, 15) is 9.59 Å². The van der Waals surface area contributed by atoms with E-state index in [0.717, 1.165) is 15.4 Å². The van der Waals surface area contributed by atoms with Crippen LogP contribution in [-0.4, -0.2) is 48.1 Å². The molecule has 0 aromatic carbocycles. The first kappa shape index (κ1) is 13.3. The second-order valence-electron chi connectivity index (χ2n) is 3.22. The molecule has 0 aliphatic carbocycles. The van der Waals surface area contributed by atoms with Crippen LogP contribution in [0.2, 0.25) is 13.1 Å². The fraction of sp³-hybridized carbons (Fsp3) is 0.714. The Morgan fingerprint density at radius 2 is 2.14 bits per heavy atom. The van der Waals surface area contributed by atoms with Gasteiger partial charge in [-0.3, -0.25) is 4.79 Å². The lowest BCUT2D eigenvalue weighted by Crippen LogP contribution is -2.29. The molecule has 14 heavy (non-hydrogen) atoms. The van der Waals surface area contributed by atoms with Gasteiger partial charge in [0, 0.05) is 13.0 Å². The Labute approximate surface area is 88.3 Å². The van der Waals surface area contributed by atoms with Gasteiger partial charge in [0.05, 0.1) is 0 Å². The molecular weight excluding hydrogens is 218 g/mol. The summed E-state index contributed by atoms with van der Waals surface area (Å²) in [6, 6.07) is 0. The molecule has 1 N–H and O–H groups in total. The van der Waals surface area contributed by atoms with Crippen LogP contribution in [0.3, 0.4) is 0 Å². The van der Waals surface area contributed by atoms with Crippen LogP contribution in [0.25, 0.3) is 0 Å². The van der Waals surface area contributed by atoms with Gasteiger partial charge < -0.3 is 9.22 Å². The molecule has 1 fully saturated rings. The minimum absolute atomic E-state index is 0.275. The van der Waals surface area contributed by atoms with E-state index >= 15 is 0 Å². The van der Waals surface area contributed by atoms with Crippen molar-refractivity contribution in [1.82, 2.24) is 4.90 Å². The largest absolute Gasteiger partial charge is 0.466 e. The van der Waals surface area contributed by atoms with Crippen molar-refractivity contribution < 1.29 is 18.8 Å². The summed E-state index contributed by atoms with van der Waals surface area (Å²) in [5.74, 6) is -0.275. The van der Waals surface area contributed by atoms with Crippen LogP contribution in [0.1, 0.15) is 12.8 Å². The third-order valence-corrected chi connectivity index (χ3v) is 5.55. The average molecular weight is 235 g/mol. The molecule has 1 aliphatic rings. The fourth-order valence-corrected chi connectivity index (χ4v) is 0.850. The maximum absolute atomic E-state index is 10.6. The number of likely N-dealkylation sites (tertiary alicyclic amines) is 1. The zero-order chi connectivity index (χ0) is 11.1. The van der Waals surface area contributed by atoms with Crippen LogP contribution in [0.5, 0.6) is 0 Å². The average Bonchev–Trinajstić information content (AvgIpc) is 2.52. The number of hydrogen-bond donors (Lipinski definition) is 1. The standard InChI is InChI=1S/C5H7NO3.C2H10OSi2/c7-4-2-1-3-6(4)5(8)9;1-5(2)3-4/h1-3H2,(H,8,9);5H,1-2,4H3. The molecule has 2 amide bonds. The van der Waals surface area contributed by atoms with Gasteiger partial charge in [0.15, 0.2) is 9.04 Å². The summed E-state index contributed by atoms with van der Waals surface area (Å²) < 4.78 is 5.03.